The van der Waals surface area contributed by atoms with Crippen molar-refractivity contribution in [2.75, 3.05) is 19.7 Å². The maximum absolute atomic E-state index is 14.8. The van der Waals surface area contributed by atoms with Gasteiger partial charge in [0.2, 0.25) is 17.7 Å². The number of benzene rings is 2. The van der Waals surface area contributed by atoms with Crippen LogP contribution in [0.25, 0.3) is 11.0 Å². The zero-order chi connectivity index (χ0) is 31.7. The number of para-hydroxylation sites is 1. The largest absolute Gasteiger partial charge is 0.394 e. The van der Waals surface area contributed by atoms with Crippen molar-refractivity contribution in [2.45, 2.75) is 61.5 Å². The molecule has 6 rings (SSSR count). The van der Waals surface area contributed by atoms with Gasteiger partial charge in [-0.25, -0.2) is 4.68 Å². The smallest absolute Gasteiger partial charge is 0.248 e. The van der Waals surface area contributed by atoms with E-state index in [1.165, 1.54) is 0 Å². The summed E-state index contributed by atoms with van der Waals surface area (Å²) in [6.07, 6.45) is 5.24. The van der Waals surface area contributed by atoms with Crippen LogP contribution in [0, 0.1) is 11.8 Å². The third-order valence-electron chi connectivity index (χ3n) is 9.60. The van der Waals surface area contributed by atoms with E-state index in [2.05, 4.69) is 23.5 Å². The molecule has 3 fully saturated rings. The van der Waals surface area contributed by atoms with Crippen LogP contribution in [-0.2, 0) is 27.6 Å². The number of aliphatic hydroxyl groups excluding tert-OH is 1. The van der Waals surface area contributed by atoms with Crippen LogP contribution in [0.5, 0.6) is 0 Å². The molecule has 0 radical (unpaired) electrons. The van der Waals surface area contributed by atoms with Gasteiger partial charge in [-0.1, -0.05) is 66.8 Å². The fourth-order valence-corrected chi connectivity index (χ4v) is 9.78. The maximum Gasteiger partial charge on any atom is 0.248 e. The van der Waals surface area contributed by atoms with E-state index in [0.717, 1.165) is 23.0 Å². The van der Waals surface area contributed by atoms with Gasteiger partial charge in [0.1, 0.15) is 18.2 Å². The third kappa shape index (κ3) is 5.25. The van der Waals surface area contributed by atoms with Gasteiger partial charge < -0.3 is 19.8 Å². The monoisotopic (exact) mass is 628 g/mol. The molecule has 3 aromatic rings. The number of fused-ring (bicyclic) bond motifs is 2. The zero-order valence-corrected chi connectivity index (χ0v) is 26.4. The number of hydrogen-bond donors (Lipinski definition) is 1. The average molecular weight is 629 g/mol. The van der Waals surface area contributed by atoms with Crippen molar-refractivity contribution in [3.8, 4) is 0 Å². The van der Waals surface area contributed by atoms with Crippen molar-refractivity contribution in [2.24, 2.45) is 11.8 Å². The van der Waals surface area contributed by atoms with Crippen LogP contribution in [0.3, 0.4) is 0 Å². The molecule has 11 heteroatoms. The number of aromatic nitrogens is 3. The lowest BCUT2D eigenvalue weighted by molar-refractivity contribution is -0.147. The normalized spacial score (nSPS) is 25.7. The average Bonchev–Trinajstić information content (AvgIpc) is 3.81. The molecule has 6 atom stereocenters. The predicted molar refractivity (Wildman–Crippen MR) is 174 cm³/mol. The van der Waals surface area contributed by atoms with Crippen LogP contribution < -0.4 is 0 Å². The van der Waals surface area contributed by atoms with Gasteiger partial charge >= 0.3 is 0 Å². The Bertz CT molecular complexity index is 1590. The molecular formula is C34H40N6O4S. The van der Waals surface area contributed by atoms with E-state index >= 15 is 0 Å². The molecule has 1 aromatic heterocycles. The molecule has 3 saturated heterocycles. The summed E-state index contributed by atoms with van der Waals surface area (Å²) in [4.78, 5) is 48.8. The molecule has 3 amide bonds. The van der Waals surface area contributed by atoms with Crippen LogP contribution in [0.4, 0.5) is 0 Å². The number of hydrogen-bond acceptors (Lipinski definition) is 7. The van der Waals surface area contributed by atoms with Crippen LogP contribution in [0.1, 0.15) is 31.7 Å². The first-order valence-corrected chi connectivity index (χ1v) is 16.5. The van der Waals surface area contributed by atoms with Gasteiger partial charge in [0, 0.05) is 24.9 Å². The summed E-state index contributed by atoms with van der Waals surface area (Å²) in [6.45, 7) is 10.6. The summed E-state index contributed by atoms with van der Waals surface area (Å²) >= 11 is 1.63. The standard InChI is InChI=1S/C34H40N6O4S/c1-4-18-37(20-23-12-8-7-9-13-23)31(42)28-27-16-17-34(45-27)29(28)32(43)40(24(6-3)21-41)30(34)33(44)38(19-5-2)22-39-26-15-11-10-14-25(26)35-36-39/h4-5,7-15,24,27-30,41H,1-2,6,16-22H2,3H3/t24-,27+,28-,29-,30?,34?/m0/s1. The second-order valence-corrected chi connectivity index (χ2v) is 13.7. The van der Waals surface area contributed by atoms with E-state index in [9.17, 15) is 19.5 Å². The Balaban J connectivity index is 1.36. The number of nitrogens with zero attached hydrogens (tertiary/aromatic N) is 6. The lowest BCUT2D eigenvalue weighted by Crippen LogP contribution is -2.57. The van der Waals surface area contributed by atoms with Crippen molar-refractivity contribution >= 4 is 40.5 Å². The van der Waals surface area contributed by atoms with E-state index in [1.54, 1.807) is 43.3 Å². The summed E-state index contributed by atoms with van der Waals surface area (Å²) in [5.41, 5.74) is 2.51. The molecule has 2 unspecified atom stereocenters. The quantitative estimate of drug-likeness (QED) is 0.289. The maximum atomic E-state index is 14.8. The van der Waals surface area contributed by atoms with Gasteiger partial charge in [-0.15, -0.1) is 30.0 Å². The van der Waals surface area contributed by atoms with E-state index in [0.29, 0.717) is 25.9 Å². The molecule has 0 aliphatic carbocycles. The first kappa shape index (κ1) is 31.0. The van der Waals surface area contributed by atoms with E-state index in [-0.39, 0.29) is 42.8 Å². The second-order valence-electron chi connectivity index (χ2n) is 12.1. The first-order chi connectivity index (χ1) is 21.9. The summed E-state index contributed by atoms with van der Waals surface area (Å²) in [5.74, 6) is -1.76. The Morgan fingerprint density at radius 1 is 1.09 bits per heavy atom. The summed E-state index contributed by atoms with van der Waals surface area (Å²) < 4.78 is 0.900. The Morgan fingerprint density at radius 3 is 2.51 bits per heavy atom. The Kier molecular flexibility index (Phi) is 8.83. The molecule has 4 heterocycles. The summed E-state index contributed by atoms with van der Waals surface area (Å²) in [6, 6.07) is 16.0. The number of rotatable bonds is 13. The van der Waals surface area contributed by atoms with Crippen molar-refractivity contribution in [3.05, 3.63) is 85.5 Å². The van der Waals surface area contributed by atoms with Gasteiger partial charge in [-0.05, 0) is 37.0 Å². The molecule has 45 heavy (non-hydrogen) atoms. The molecule has 2 bridgehead atoms. The molecule has 10 nitrogen and oxygen atoms in total. The van der Waals surface area contributed by atoms with Crippen molar-refractivity contribution in [3.63, 3.8) is 0 Å². The van der Waals surface area contributed by atoms with Crippen molar-refractivity contribution in [1.29, 1.82) is 0 Å². The minimum absolute atomic E-state index is 0.0756. The highest BCUT2D eigenvalue weighted by Gasteiger charge is 2.74. The number of aliphatic hydroxyl groups is 1. The van der Waals surface area contributed by atoms with Gasteiger partial charge in [0.25, 0.3) is 0 Å². The van der Waals surface area contributed by atoms with Crippen LogP contribution in [0.15, 0.2) is 79.9 Å². The first-order valence-electron chi connectivity index (χ1n) is 15.6. The molecule has 0 saturated carbocycles. The number of likely N-dealkylation sites (tertiary alicyclic amines) is 1. The Hall–Kier alpha value is -3.96. The molecule has 1 spiro atoms. The van der Waals surface area contributed by atoms with Crippen molar-refractivity contribution in [1.82, 2.24) is 29.7 Å². The van der Waals surface area contributed by atoms with Gasteiger partial charge in [-0.2, -0.15) is 0 Å². The summed E-state index contributed by atoms with van der Waals surface area (Å²) in [5, 5.41) is 18.9. The van der Waals surface area contributed by atoms with Gasteiger partial charge in [-0.3, -0.25) is 14.4 Å². The van der Waals surface area contributed by atoms with Crippen LogP contribution >= 0.6 is 11.8 Å². The van der Waals surface area contributed by atoms with E-state index < -0.39 is 28.7 Å². The Labute approximate surface area is 267 Å². The molecule has 2 aromatic carbocycles. The topological polar surface area (TPSA) is 112 Å². The molecule has 1 N–H and O–H groups in total. The minimum Gasteiger partial charge on any atom is -0.394 e. The SMILES string of the molecule is C=CCN(Cn1nnc2ccccc21)C(=O)C1N([C@@H](CC)CO)C(=O)[C@@H]2[C@@H](C(=O)N(CC=C)Cc3ccccc3)[C@H]3CCC12S3. The van der Waals surface area contributed by atoms with Crippen LogP contribution in [-0.4, -0.2) is 94.3 Å². The second kappa shape index (κ2) is 12.8. The fourth-order valence-electron chi connectivity index (χ4n) is 7.59. The van der Waals surface area contributed by atoms with Gasteiger partial charge in [0.05, 0.1) is 34.7 Å². The molecular weight excluding hydrogens is 588 g/mol. The molecule has 236 valence electrons. The van der Waals surface area contributed by atoms with E-state index in [1.807, 2.05) is 61.5 Å². The van der Waals surface area contributed by atoms with Crippen molar-refractivity contribution < 1.29 is 19.5 Å². The third-order valence-corrected chi connectivity index (χ3v) is 11.5. The van der Waals surface area contributed by atoms with Gasteiger partial charge in [0.15, 0.2) is 0 Å². The Morgan fingerprint density at radius 2 is 1.80 bits per heavy atom. The number of amides is 3. The highest BCUT2D eigenvalue weighted by atomic mass is 32.2. The molecule has 3 aliphatic rings. The van der Waals surface area contributed by atoms with E-state index in [4.69, 9.17) is 0 Å². The minimum atomic E-state index is -0.836. The highest BCUT2D eigenvalue weighted by Crippen LogP contribution is 2.67. The number of carbonyl (C=O) groups is 3. The lowest BCUT2D eigenvalue weighted by Gasteiger charge is -2.39. The molecule has 3 aliphatic heterocycles. The number of thioether (sulfide) groups is 1. The predicted octanol–water partition coefficient (Wildman–Crippen LogP) is 3.48. The fraction of sp³-hybridized carbons (Fsp3) is 0.441. The highest BCUT2D eigenvalue weighted by molar-refractivity contribution is 8.02. The van der Waals surface area contributed by atoms with Crippen LogP contribution in [0.2, 0.25) is 0 Å². The number of carbonyl (C=O) groups excluding carboxylic acids is 3. The summed E-state index contributed by atoms with van der Waals surface area (Å²) in [7, 11) is 0. The zero-order valence-electron chi connectivity index (χ0n) is 25.6. The lowest BCUT2D eigenvalue weighted by atomic mass is 9.70.